The Kier molecular flexibility index (Phi) is 7.54. The molecule has 2 aliphatic heterocycles. The van der Waals surface area contributed by atoms with Crippen molar-refractivity contribution in [2.45, 2.75) is 65.0 Å². The minimum absolute atomic E-state index is 0.0779. The maximum atomic E-state index is 13.6. The standard InChI is InChI=1S/C21H27N3OS.C9H8O3/c1-12-7-8-17(13(2)9-12)20-19(23-14(3)26-20)21(25)24-16(11-22)10-15-5-4-6-18(15)24;10-9(11)7-2-1-3-8-6(7)4-5-12-8/h7-9,15-16,18H,4-6,10-11,22H2,1-3H3;1-3H,4-5H2,(H,10,11)/t15-,16-,18-;/m0./s1. The van der Waals surface area contributed by atoms with Gasteiger partial charge in [-0.05, 0) is 69.2 Å². The summed E-state index contributed by atoms with van der Waals surface area (Å²) in [5, 5.41) is 9.73. The molecular formula is C30H35N3O4S. The number of hydrogen-bond acceptors (Lipinski definition) is 6. The van der Waals surface area contributed by atoms with Crippen LogP contribution in [0.25, 0.3) is 10.4 Å². The predicted octanol–water partition coefficient (Wildman–Crippen LogP) is 5.40. The van der Waals surface area contributed by atoms with Crippen LogP contribution in [0.1, 0.15) is 68.2 Å². The van der Waals surface area contributed by atoms with Crippen molar-refractivity contribution in [2.75, 3.05) is 13.2 Å². The summed E-state index contributed by atoms with van der Waals surface area (Å²) in [7, 11) is 0. The highest BCUT2D eigenvalue weighted by Gasteiger charge is 2.46. The van der Waals surface area contributed by atoms with Gasteiger partial charge in [0.15, 0.2) is 0 Å². The Hall–Kier alpha value is -3.23. The fourth-order valence-corrected chi connectivity index (χ4v) is 7.29. The highest BCUT2D eigenvalue weighted by Crippen LogP contribution is 2.43. The number of aromatic nitrogens is 1. The fourth-order valence-electron chi connectivity index (χ4n) is 6.29. The van der Waals surface area contributed by atoms with Crippen LogP contribution in [-0.4, -0.2) is 52.1 Å². The summed E-state index contributed by atoms with van der Waals surface area (Å²) in [5.74, 6) is 0.540. The summed E-state index contributed by atoms with van der Waals surface area (Å²) in [6.45, 7) is 7.33. The second-order valence-corrected chi connectivity index (χ2v) is 11.7. The van der Waals surface area contributed by atoms with Gasteiger partial charge in [-0.15, -0.1) is 11.3 Å². The molecule has 1 saturated carbocycles. The molecule has 3 aromatic rings. The molecule has 1 aromatic heterocycles. The van der Waals surface area contributed by atoms with Crippen LogP contribution in [0, 0.1) is 26.7 Å². The van der Waals surface area contributed by atoms with Gasteiger partial charge in [0.05, 0.1) is 22.1 Å². The molecule has 3 aliphatic rings. The molecule has 1 saturated heterocycles. The molecule has 0 radical (unpaired) electrons. The third-order valence-electron chi connectivity index (χ3n) is 7.99. The van der Waals surface area contributed by atoms with Crippen LogP contribution in [-0.2, 0) is 6.42 Å². The third-order valence-corrected chi connectivity index (χ3v) is 8.99. The molecule has 0 bridgehead atoms. The second kappa shape index (κ2) is 10.9. The van der Waals surface area contributed by atoms with Gasteiger partial charge < -0.3 is 20.5 Å². The van der Waals surface area contributed by atoms with Crippen molar-refractivity contribution in [2.24, 2.45) is 11.7 Å². The number of carbonyl (C=O) groups is 2. The molecule has 0 unspecified atom stereocenters. The number of benzene rings is 2. The Morgan fingerprint density at radius 2 is 2.00 bits per heavy atom. The largest absolute Gasteiger partial charge is 0.493 e. The average molecular weight is 534 g/mol. The monoisotopic (exact) mass is 533 g/mol. The van der Waals surface area contributed by atoms with E-state index < -0.39 is 5.97 Å². The number of likely N-dealkylation sites (tertiary alicyclic amines) is 1. The van der Waals surface area contributed by atoms with Crippen LogP contribution in [0.15, 0.2) is 36.4 Å². The van der Waals surface area contributed by atoms with Crippen LogP contribution in [0.2, 0.25) is 0 Å². The Morgan fingerprint density at radius 3 is 2.74 bits per heavy atom. The number of nitrogens with zero attached hydrogens (tertiary/aromatic N) is 2. The number of ether oxygens (including phenoxy) is 1. The molecule has 3 N–H and O–H groups in total. The van der Waals surface area contributed by atoms with Gasteiger partial charge in [0.25, 0.3) is 5.91 Å². The van der Waals surface area contributed by atoms with E-state index in [-0.39, 0.29) is 11.9 Å². The number of amides is 1. The van der Waals surface area contributed by atoms with Crippen LogP contribution in [0.4, 0.5) is 0 Å². The number of thiazole rings is 1. The molecular weight excluding hydrogens is 498 g/mol. The maximum absolute atomic E-state index is 13.6. The predicted molar refractivity (Wildman–Crippen MR) is 149 cm³/mol. The number of hydrogen-bond donors (Lipinski definition) is 2. The van der Waals surface area contributed by atoms with E-state index in [0.29, 0.717) is 42.8 Å². The smallest absolute Gasteiger partial charge is 0.336 e. The molecule has 200 valence electrons. The van der Waals surface area contributed by atoms with Gasteiger partial charge in [-0.1, -0.05) is 36.2 Å². The number of nitrogens with two attached hydrogens (primary N) is 1. The van der Waals surface area contributed by atoms with E-state index in [1.807, 2.05) is 6.92 Å². The van der Waals surface area contributed by atoms with Gasteiger partial charge in [-0.25, -0.2) is 9.78 Å². The summed E-state index contributed by atoms with van der Waals surface area (Å²) in [4.78, 5) is 32.0. The number of rotatable bonds is 4. The second-order valence-electron chi connectivity index (χ2n) is 10.5. The first-order valence-electron chi connectivity index (χ1n) is 13.3. The SMILES string of the molecule is Cc1ccc(-c2sc(C)nc2C(=O)N2[C@H](CN)C[C@@H]3CCC[C@@H]32)c(C)c1.O=C(O)c1cccc2c1CCO2. The van der Waals surface area contributed by atoms with Gasteiger partial charge in [0.2, 0.25) is 0 Å². The lowest BCUT2D eigenvalue weighted by atomic mass is 10.0. The zero-order valence-corrected chi connectivity index (χ0v) is 23.0. The molecule has 1 aliphatic carbocycles. The van der Waals surface area contributed by atoms with Gasteiger partial charge in [0.1, 0.15) is 11.4 Å². The van der Waals surface area contributed by atoms with Crippen molar-refractivity contribution in [3.63, 3.8) is 0 Å². The van der Waals surface area contributed by atoms with Gasteiger partial charge in [-0.2, -0.15) is 0 Å². The highest BCUT2D eigenvalue weighted by atomic mass is 32.1. The summed E-state index contributed by atoms with van der Waals surface area (Å²) < 4.78 is 5.23. The molecule has 38 heavy (non-hydrogen) atoms. The zero-order valence-electron chi connectivity index (χ0n) is 22.2. The van der Waals surface area contributed by atoms with E-state index in [1.54, 1.807) is 29.5 Å². The number of fused-ring (bicyclic) bond motifs is 2. The zero-order chi connectivity index (χ0) is 27.0. The normalized spacial score (nSPS) is 21.4. The summed E-state index contributed by atoms with van der Waals surface area (Å²) >= 11 is 1.62. The Labute approximate surface area is 227 Å². The quantitative estimate of drug-likeness (QED) is 0.465. The van der Waals surface area contributed by atoms with Crippen molar-refractivity contribution in [1.29, 1.82) is 0 Å². The van der Waals surface area contributed by atoms with E-state index in [4.69, 9.17) is 15.6 Å². The summed E-state index contributed by atoms with van der Waals surface area (Å²) in [6.07, 6.45) is 5.31. The molecule has 0 spiro atoms. The van der Waals surface area contributed by atoms with Gasteiger partial charge in [0, 0.05) is 30.6 Å². The van der Waals surface area contributed by atoms with Crippen molar-refractivity contribution in [3.8, 4) is 16.2 Å². The van der Waals surface area contributed by atoms with E-state index in [0.717, 1.165) is 39.6 Å². The molecule has 7 nitrogen and oxygen atoms in total. The number of carbonyl (C=O) groups excluding carboxylic acids is 1. The number of carboxylic acid groups (broad SMARTS) is 1. The van der Waals surface area contributed by atoms with E-state index in [9.17, 15) is 9.59 Å². The van der Waals surface area contributed by atoms with Crippen molar-refractivity contribution >= 4 is 23.2 Å². The van der Waals surface area contributed by atoms with Crippen molar-refractivity contribution < 1.29 is 19.4 Å². The first-order valence-corrected chi connectivity index (χ1v) is 14.2. The van der Waals surface area contributed by atoms with Gasteiger partial charge >= 0.3 is 5.97 Å². The van der Waals surface area contributed by atoms with Crippen molar-refractivity contribution in [3.05, 3.63) is 69.4 Å². The lowest BCUT2D eigenvalue weighted by molar-refractivity contribution is 0.0658. The first-order chi connectivity index (χ1) is 18.3. The van der Waals surface area contributed by atoms with Crippen LogP contribution in [0.3, 0.4) is 0 Å². The molecule has 2 aromatic carbocycles. The molecule has 3 atom stereocenters. The Balaban J connectivity index is 0.000000204. The van der Waals surface area contributed by atoms with E-state index >= 15 is 0 Å². The van der Waals surface area contributed by atoms with Crippen LogP contribution >= 0.6 is 11.3 Å². The van der Waals surface area contributed by atoms with Gasteiger partial charge in [-0.3, -0.25) is 4.79 Å². The molecule has 2 fully saturated rings. The topological polar surface area (TPSA) is 106 Å². The number of aryl methyl sites for hydroxylation is 3. The average Bonchev–Trinajstić information content (AvgIpc) is 3.67. The lowest BCUT2D eigenvalue weighted by Gasteiger charge is -2.29. The molecule has 3 heterocycles. The van der Waals surface area contributed by atoms with Crippen LogP contribution < -0.4 is 10.5 Å². The van der Waals surface area contributed by atoms with Crippen LogP contribution in [0.5, 0.6) is 5.75 Å². The van der Waals surface area contributed by atoms with Crippen molar-refractivity contribution in [1.82, 2.24) is 9.88 Å². The lowest BCUT2D eigenvalue weighted by Crippen LogP contribution is -2.44. The highest BCUT2D eigenvalue weighted by molar-refractivity contribution is 7.15. The first kappa shape index (κ1) is 26.4. The Morgan fingerprint density at radius 1 is 1.18 bits per heavy atom. The summed E-state index contributed by atoms with van der Waals surface area (Å²) in [5.41, 5.74) is 11.4. The molecule has 6 rings (SSSR count). The number of carboxylic acids is 1. The van der Waals surface area contributed by atoms with E-state index in [1.165, 1.54) is 24.0 Å². The van der Waals surface area contributed by atoms with E-state index in [2.05, 4.69) is 41.9 Å². The molecule has 1 amide bonds. The fraction of sp³-hybridized carbons (Fsp3) is 0.433. The third kappa shape index (κ3) is 4.95. The number of aromatic carboxylic acids is 1. The Bertz CT molecular complexity index is 1370. The minimum atomic E-state index is -0.877. The summed E-state index contributed by atoms with van der Waals surface area (Å²) in [6, 6.07) is 12.0. The maximum Gasteiger partial charge on any atom is 0.336 e. The molecule has 8 heteroatoms. The minimum Gasteiger partial charge on any atom is -0.493 e.